The summed E-state index contributed by atoms with van der Waals surface area (Å²) in [6.45, 7) is 9.34. The van der Waals surface area contributed by atoms with Crippen LogP contribution in [0.5, 0.6) is 0 Å². The molecule has 1 heterocycles. The summed E-state index contributed by atoms with van der Waals surface area (Å²) in [6.07, 6.45) is 0.421. The Bertz CT molecular complexity index is 360. The van der Waals surface area contributed by atoms with Crippen LogP contribution in [0.15, 0.2) is 6.07 Å². The highest BCUT2D eigenvalue weighted by atomic mass is 19.1. The van der Waals surface area contributed by atoms with E-state index in [-0.39, 0.29) is 11.8 Å². The molecule has 2 unspecified atom stereocenters. The van der Waals surface area contributed by atoms with E-state index in [1.54, 1.807) is 0 Å². The van der Waals surface area contributed by atoms with Gasteiger partial charge in [-0.15, -0.1) is 0 Å². The van der Waals surface area contributed by atoms with Gasteiger partial charge < -0.3 is 5.73 Å². The average Bonchev–Trinajstić information content (AvgIpc) is 2.71. The minimum absolute atomic E-state index is 0.0738. The smallest absolute Gasteiger partial charge is 0.110 e. The van der Waals surface area contributed by atoms with Gasteiger partial charge in [0.15, 0.2) is 0 Å². The molecule has 0 amide bonds. The third-order valence-corrected chi connectivity index (χ3v) is 3.57. The summed E-state index contributed by atoms with van der Waals surface area (Å²) in [5.74, 6) is 0.198. The number of nitrogens with two attached hydrogens (primary N) is 1. The zero-order valence-electron chi connectivity index (χ0n) is 12.0. The molecule has 2 N–H and O–H groups in total. The lowest BCUT2D eigenvalue weighted by molar-refractivity contribution is 0.182. The number of nitrogens with zero attached hydrogens (tertiary/aromatic N) is 2. The first-order chi connectivity index (χ1) is 8.53. The van der Waals surface area contributed by atoms with Crippen molar-refractivity contribution in [3.8, 4) is 0 Å². The van der Waals surface area contributed by atoms with Gasteiger partial charge in [-0.25, -0.2) is 4.39 Å². The largest absolute Gasteiger partial charge is 0.330 e. The Morgan fingerprint density at radius 2 is 2.06 bits per heavy atom. The molecule has 0 aliphatic rings. The van der Waals surface area contributed by atoms with E-state index in [9.17, 15) is 4.39 Å². The molecule has 1 aromatic heterocycles. The number of alkyl halides is 1. The van der Waals surface area contributed by atoms with Gasteiger partial charge in [-0.1, -0.05) is 20.8 Å². The van der Waals surface area contributed by atoms with Gasteiger partial charge in [0.2, 0.25) is 0 Å². The normalized spacial score (nSPS) is 15.1. The second-order valence-electron chi connectivity index (χ2n) is 5.16. The Morgan fingerprint density at radius 3 is 2.50 bits per heavy atom. The maximum absolute atomic E-state index is 14.3. The first-order valence-electron chi connectivity index (χ1n) is 6.93. The van der Waals surface area contributed by atoms with Gasteiger partial charge >= 0.3 is 0 Å². The van der Waals surface area contributed by atoms with Crippen LogP contribution < -0.4 is 5.73 Å². The fourth-order valence-corrected chi connectivity index (χ4v) is 2.31. The molecule has 0 spiro atoms. The third kappa shape index (κ3) is 3.55. The highest BCUT2D eigenvalue weighted by Gasteiger charge is 2.24. The van der Waals surface area contributed by atoms with E-state index in [0.29, 0.717) is 13.0 Å². The van der Waals surface area contributed by atoms with E-state index in [2.05, 4.69) is 12.0 Å². The van der Waals surface area contributed by atoms with E-state index >= 15 is 0 Å². The van der Waals surface area contributed by atoms with Gasteiger partial charge in [0.05, 0.1) is 5.69 Å². The van der Waals surface area contributed by atoms with Crippen molar-refractivity contribution in [2.75, 3.05) is 6.54 Å². The van der Waals surface area contributed by atoms with Gasteiger partial charge in [0.1, 0.15) is 6.17 Å². The van der Waals surface area contributed by atoms with E-state index in [1.165, 1.54) is 0 Å². The van der Waals surface area contributed by atoms with Gasteiger partial charge in [-0.2, -0.15) is 5.10 Å². The molecular formula is C14H26FN3. The zero-order chi connectivity index (χ0) is 13.7. The Balaban J connectivity index is 2.79. The fraction of sp³-hybridized carbons (Fsp3) is 0.786. The van der Waals surface area contributed by atoms with Crippen LogP contribution in [-0.4, -0.2) is 22.5 Å². The van der Waals surface area contributed by atoms with Gasteiger partial charge in [-0.05, 0) is 31.9 Å². The number of aryl methyl sites for hydroxylation is 2. The predicted molar refractivity (Wildman–Crippen MR) is 73.3 cm³/mol. The minimum Gasteiger partial charge on any atom is -0.330 e. The molecule has 0 radical (unpaired) electrons. The summed E-state index contributed by atoms with van der Waals surface area (Å²) in [6, 6.07) is 2.02. The van der Waals surface area contributed by atoms with Crippen molar-refractivity contribution >= 4 is 0 Å². The minimum atomic E-state index is -0.887. The first-order valence-corrected chi connectivity index (χ1v) is 6.93. The van der Waals surface area contributed by atoms with Gasteiger partial charge in [-0.3, -0.25) is 4.68 Å². The van der Waals surface area contributed by atoms with Crippen LogP contribution in [-0.2, 0) is 19.4 Å². The summed E-state index contributed by atoms with van der Waals surface area (Å²) in [7, 11) is 0. The zero-order valence-corrected chi connectivity index (χ0v) is 12.0. The lowest BCUT2D eigenvalue weighted by Crippen LogP contribution is -2.31. The fourth-order valence-electron chi connectivity index (χ4n) is 2.31. The highest BCUT2D eigenvalue weighted by Crippen LogP contribution is 2.21. The Morgan fingerprint density at radius 1 is 1.39 bits per heavy atom. The number of hydrogen-bond acceptors (Lipinski definition) is 2. The van der Waals surface area contributed by atoms with Crippen molar-refractivity contribution in [1.82, 2.24) is 9.78 Å². The van der Waals surface area contributed by atoms with Crippen molar-refractivity contribution in [3.63, 3.8) is 0 Å². The van der Waals surface area contributed by atoms with E-state index < -0.39 is 6.17 Å². The van der Waals surface area contributed by atoms with Crippen molar-refractivity contribution in [2.45, 2.75) is 53.3 Å². The maximum atomic E-state index is 14.3. The second-order valence-corrected chi connectivity index (χ2v) is 5.16. The SMILES string of the molecule is CCc1cc(CC(F)C(CN)C(C)C)n(CC)n1. The van der Waals surface area contributed by atoms with Crippen LogP contribution in [0.3, 0.4) is 0 Å². The quantitative estimate of drug-likeness (QED) is 0.814. The monoisotopic (exact) mass is 255 g/mol. The molecule has 1 rings (SSSR count). The molecule has 0 saturated heterocycles. The van der Waals surface area contributed by atoms with Crippen LogP contribution in [0.1, 0.15) is 39.1 Å². The summed E-state index contributed by atoms with van der Waals surface area (Å²) in [5, 5.41) is 4.45. The van der Waals surface area contributed by atoms with Crippen molar-refractivity contribution in [2.24, 2.45) is 17.6 Å². The topological polar surface area (TPSA) is 43.8 Å². The van der Waals surface area contributed by atoms with Gasteiger partial charge in [0.25, 0.3) is 0 Å². The Labute approximate surface area is 110 Å². The molecule has 0 fully saturated rings. The molecule has 4 heteroatoms. The Kier molecular flexibility index (Phi) is 5.79. The van der Waals surface area contributed by atoms with Crippen LogP contribution in [0.25, 0.3) is 0 Å². The van der Waals surface area contributed by atoms with E-state index in [1.807, 2.05) is 31.5 Å². The summed E-state index contributed by atoms with van der Waals surface area (Å²) >= 11 is 0. The van der Waals surface area contributed by atoms with E-state index in [0.717, 1.165) is 24.4 Å². The molecule has 1 aromatic rings. The molecule has 3 nitrogen and oxygen atoms in total. The van der Waals surface area contributed by atoms with Crippen molar-refractivity contribution < 1.29 is 4.39 Å². The summed E-state index contributed by atoms with van der Waals surface area (Å²) < 4.78 is 16.2. The number of halogens is 1. The maximum Gasteiger partial charge on any atom is 0.110 e. The first kappa shape index (κ1) is 15.2. The van der Waals surface area contributed by atoms with E-state index in [4.69, 9.17) is 5.73 Å². The molecule has 0 aliphatic heterocycles. The molecule has 0 saturated carbocycles. The lowest BCUT2D eigenvalue weighted by atomic mass is 9.89. The molecule has 18 heavy (non-hydrogen) atoms. The van der Waals surface area contributed by atoms with Crippen LogP contribution in [0, 0.1) is 11.8 Å². The van der Waals surface area contributed by atoms with Crippen LogP contribution in [0.2, 0.25) is 0 Å². The molecular weight excluding hydrogens is 229 g/mol. The molecule has 0 bridgehead atoms. The predicted octanol–water partition coefficient (Wildman–Crippen LogP) is 2.58. The van der Waals surface area contributed by atoms with Gasteiger partial charge in [0, 0.05) is 24.6 Å². The van der Waals surface area contributed by atoms with Crippen molar-refractivity contribution in [1.29, 1.82) is 0 Å². The third-order valence-electron chi connectivity index (χ3n) is 3.57. The standard InChI is InChI=1S/C14H26FN3/c1-5-11-7-12(18(6-2)17-11)8-14(15)13(9-16)10(3)4/h7,10,13-14H,5-6,8-9,16H2,1-4H3. The lowest BCUT2D eigenvalue weighted by Gasteiger charge is -2.23. The molecule has 104 valence electrons. The highest BCUT2D eigenvalue weighted by molar-refractivity contribution is 5.12. The number of hydrogen-bond donors (Lipinski definition) is 1. The summed E-state index contributed by atoms with van der Waals surface area (Å²) in [5.41, 5.74) is 7.69. The van der Waals surface area contributed by atoms with Crippen molar-refractivity contribution in [3.05, 3.63) is 17.5 Å². The van der Waals surface area contributed by atoms with Crippen LogP contribution >= 0.6 is 0 Å². The second kappa shape index (κ2) is 6.88. The molecule has 2 atom stereocenters. The molecule has 0 aliphatic carbocycles. The number of rotatable bonds is 7. The number of aromatic nitrogens is 2. The summed E-state index contributed by atoms with van der Waals surface area (Å²) in [4.78, 5) is 0. The average molecular weight is 255 g/mol. The molecule has 0 aromatic carbocycles. The Hall–Kier alpha value is -0.900. The van der Waals surface area contributed by atoms with Crippen LogP contribution in [0.4, 0.5) is 4.39 Å².